The van der Waals surface area contributed by atoms with Gasteiger partial charge in [0, 0.05) is 30.8 Å². The molecule has 2 N–H and O–H groups in total. The van der Waals surface area contributed by atoms with Gasteiger partial charge in [0.15, 0.2) is 0 Å². The molecule has 0 spiro atoms. The molecule has 0 aliphatic heterocycles. The van der Waals surface area contributed by atoms with Gasteiger partial charge in [-0.2, -0.15) is 11.8 Å². The zero-order chi connectivity index (χ0) is 12.8. The first-order chi connectivity index (χ1) is 8.10. The lowest BCUT2D eigenvalue weighted by atomic mass is 9.85. The monoisotopic (exact) mass is 258 g/mol. The average Bonchev–Trinajstić information content (AvgIpc) is 2.35. The van der Waals surface area contributed by atoms with Crippen LogP contribution in [0.15, 0.2) is 0 Å². The first kappa shape index (κ1) is 14.8. The van der Waals surface area contributed by atoms with Gasteiger partial charge in [0.05, 0.1) is 0 Å². The Bertz CT molecular complexity index is 240. The maximum atomic E-state index is 12.4. The molecule has 1 fully saturated rings. The highest BCUT2D eigenvalue weighted by Crippen LogP contribution is 2.25. The lowest BCUT2D eigenvalue weighted by molar-refractivity contribution is -0.137. The average molecular weight is 258 g/mol. The van der Waals surface area contributed by atoms with E-state index in [1.165, 1.54) is 0 Å². The first-order valence-electron chi connectivity index (χ1n) is 6.61. The van der Waals surface area contributed by atoms with Crippen molar-refractivity contribution in [1.82, 2.24) is 4.90 Å². The van der Waals surface area contributed by atoms with Crippen LogP contribution >= 0.6 is 11.8 Å². The molecule has 3 nitrogen and oxygen atoms in total. The van der Waals surface area contributed by atoms with Crippen molar-refractivity contribution in [2.75, 3.05) is 19.1 Å². The van der Waals surface area contributed by atoms with Crippen molar-refractivity contribution in [1.29, 1.82) is 0 Å². The van der Waals surface area contributed by atoms with Crippen LogP contribution in [0.1, 0.15) is 39.0 Å². The lowest BCUT2D eigenvalue weighted by Crippen LogP contribution is -2.43. The van der Waals surface area contributed by atoms with E-state index in [0.717, 1.165) is 37.9 Å². The molecule has 17 heavy (non-hydrogen) atoms. The van der Waals surface area contributed by atoms with E-state index in [0.29, 0.717) is 18.0 Å². The van der Waals surface area contributed by atoms with Crippen molar-refractivity contribution in [2.45, 2.75) is 51.1 Å². The summed E-state index contributed by atoms with van der Waals surface area (Å²) in [4.78, 5) is 14.3. The van der Waals surface area contributed by atoms with Crippen LogP contribution in [0.3, 0.4) is 0 Å². The quantitative estimate of drug-likeness (QED) is 0.821. The number of hydrogen-bond donors (Lipinski definition) is 1. The molecule has 0 radical (unpaired) electrons. The number of nitrogens with zero attached hydrogens (tertiary/aromatic N) is 1. The summed E-state index contributed by atoms with van der Waals surface area (Å²) in [5, 5.41) is 0. The van der Waals surface area contributed by atoms with E-state index >= 15 is 0 Å². The Morgan fingerprint density at radius 3 is 2.47 bits per heavy atom. The Kier molecular flexibility index (Phi) is 6.34. The Labute approximate surface area is 109 Å². The number of hydrogen-bond acceptors (Lipinski definition) is 3. The van der Waals surface area contributed by atoms with Gasteiger partial charge in [-0.1, -0.05) is 6.92 Å². The summed E-state index contributed by atoms with van der Waals surface area (Å²) in [5.74, 6) is 1.58. The molecule has 1 aliphatic rings. The third kappa shape index (κ3) is 4.18. The first-order valence-corrected chi connectivity index (χ1v) is 8.00. The molecule has 0 aromatic rings. The Morgan fingerprint density at radius 1 is 1.41 bits per heavy atom. The number of thioether (sulfide) groups is 1. The number of carbonyl (C=O) groups excluding carboxylic acids is 1. The van der Waals surface area contributed by atoms with Crippen LogP contribution < -0.4 is 5.73 Å². The van der Waals surface area contributed by atoms with Gasteiger partial charge in [0.2, 0.25) is 5.91 Å². The second-order valence-corrected chi connectivity index (χ2v) is 5.99. The van der Waals surface area contributed by atoms with Gasteiger partial charge in [-0.15, -0.1) is 0 Å². The summed E-state index contributed by atoms with van der Waals surface area (Å²) >= 11 is 1.81. The highest BCUT2D eigenvalue weighted by atomic mass is 32.2. The fourth-order valence-corrected chi connectivity index (χ4v) is 3.37. The number of amides is 1. The third-order valence-electron chi connectivity index (χ3n) is 3.85. The molecule has 1 unspecified atom stereocenters. The summed E-state index contributed by atoms with van der Waals surface area (Å²) in [6.45, 7) is 2.15. The van der Waals surface area contributed by atoms with Crippen LogP contribution in [-0.4, -0.2) is 41.9 Å². The number of rotatable bonds is 5. The molecule has 0 aromatic carbocycles. The molecule has 0 aromatic heterocycles. The minimum Gasteiger partial charge on any atom is -0.342 e. The predicted molar refractivity (Wildman–Crippen MR) is 75.2 cm³/mol. The van der Waals surface area contributed by atoms with Crippen LogP contribution in [0.2, 0.25) is 0 Å². The molecule has 1 atom stereocenters. The molecule has 0 bridgehead atoms. The summed E-state index contributed by atoms with van der Waals surface area (Å²) in [7, 11) is 1.96. The van der Waals surface area contributed by atoms with E-state index in [1.54, 1.807) is 0 Å². The van der Waals surface area contributed by atoms with Crippen molar-refractivity contribution in [3.05, 3.63) is 0 Å². The largest absolute Gasteiger partial charge is 0.342 e. The summed E-state index contributed by atoms with van der Waals surface area (Å²) in [6, 6.07) is 0.700. The van der Waals surface area contributed by atoms with E-state index in [2.05, 4.69) is 13.2 Å². The highest BCUT2D eigenvalue weighted by Gasteiger charge is 2.29. The van der Waals surface area contributed by atoms with Gasteiger partial charge in [-0.05, 0) is 38.4 Å². The molecular weight excluding hydrogens is 232 g/mol. The normalized spacial score (nSPS) is 26.6. The van der Waals surface area contributed by atoms with Crippen molar-refractivity contribution in [3.8, 4) is 0 Å². The lowest BCUT2D eigenvalue weighted by Gasteiger charge is -2.33. The van der Waals surface area contributed by atoms with Gasteiger partial charge >= 0.3 is 0 Å². The van der Waals surface area contributed by atoms with E-state index in [4.69, 9.17) is 5.73 Å². The fourth-order valence-electron chi connectivity index (χ4n) is 2.53. The van der Waals surface area contributed by atoms with Gasteiger partial charge in [0.25, 0.3) is 0 Å². The fraction of sp³-hybridized carbons (Fsp3) is 0.923. The van der Waals surface area contributed by atoms with E-state index in [1.807, 2.05) is 23.7 Å². The highest BCUT2D eigenvalue weighted by molar-refractivity contribution is 7.98. The second-order valence-electron chi connectivity index (χ2n) is 5.08. The van der Waals surface area contributed by atoms with E-state index in [-0.39, 0.29) is 5.92 Å². The van der Waals surface area contributed by atoms with Crippen molar-refractivity contribution < 1.29 is 4.79 Å². The van der Waals surface area contributed by atoms with Gasteiger partial charge < -0.3 is 10.6 Å². The molecule has 1 saturated carbocycles. The second kappa shape index (κ2) is 7.27. The minimum atomic E-state index is 0.218. The molecule has 100 valence electrons. The molecule has 0 saturated heterocycles. The van der Waals surface area contributed by atoms with Gasteiger partial charge in [-0.3, -0.25) is 4.79 Å². The summed E-state index contributed by atoms with van der Waals surface area (Å²) < 4.78 is 0. The van der Waals surface area contributed by atoms with Crippen molar-refractivity contribution in [2.24, 2.45) is 11.7 Å². The van der Waals surface area contributed by atoms with Crippen LogP contribution in [0, 0.1) is 5.92 Å². The topological polar surface area (TPSA) is 46.3 Å². The van der Waals surface area contributed by atoms with Crippen molar-refractivity contribution in [3.63, 3.8) is 0 Å². The zero-order valence-electron chi connectivity index (χ0n) is 11.3. The number of carbonyl (C=O) groups is 1. The van der Waals surface area contributed by atoms with Crippen LogP contribution in [0.25, 0.3) is 0 Å². The zero-order valence-corrected chi connectivity index (χ0v) is 12.1. The van der Waals surface area contributed by atoms with Gasteiger partial charge in [-0.25, -0.2) is 0 Å². The standard InChI is InChI=1S/C13H26N2OS/c1-4-12(9-17-3)15(2)13(16)10-5-7-11(14)8-6-10/h10-12H,4-9,14H2,1-3H3. The Morgan fingerprint density at radius 2 is 2.00 bits per heavy atom. The third-order valence-corrected chi connectivity index (χ3v) is 4.56. The van der Waals surface area contributed by atoms with Crippen LogP contribution in [0.4, 0.5) is 0 Å². The van der Waals surface area contributed by atoms with E-state index < -0.39 is 0 Å². The Balaban J connectivity index is 2.50. The smallest absolute Gasteiger partial charge is 0.225 e. The minimum absolute atomic E-state index is 0.218. The van der Waals surface area contributed by atoms with Crippen LogP contribution in [0.5, 0.6) is 0 Å². The molecular formula is C13H26N2OS. The Hall–Kier alpha value is -0.220. The van der Waals surface area contributed by atoms with Gasteiger partial charge in [0.1, 0.15) is 0 Å². The molecule has 1 amide bonds. The molecule has 1 aliphatic carbocycles. The maximum Gasteiger partial charge on any atom is 0.225 e. The SMILES string of the molecule is CCC(CSC)N(C)C(=O)C1CCC(N)CC1. The van der Waals surface area contributed by atoms with Crippen LogP contribution in [-0.2, 0) is 4.79 Å². The predicted octanol–water partition coefficient (Wildman–Crippen LogP) is 2.10. The molecule has 0 heterocycles. The summed E-state index contributed by atoms with van der Waals surface area (Å²) in [5.41, 5.74) is 5.88. The number of nitrogens with two attached hydrogens (primary N) is 1. The molecule has 1 rings (SSSR count). The maximum absolute atomic E-state index is 12.4. The molecule has 4 heteroatoms. The van der Waals surface area contributed by atoms with E-state index in [9.17, 15) is 4.79 Å². The van der Waals surface area contributed by atoms with Crippen molar-refractivity contribution >= 4 is 17.7 Å². The summed E-state index contributed by atoms with van der Waals surface area (Å²) in [6.07, 6.45) is 7.09.